The normalized spacial score (nSPS) is 15.3. The number of allylic oxidation sites excluding steroid dienone is 1. The quantitative estimate of drug-likeness (QED) is 0.548. The first-order valence-corrected chi connectivity index (χ1v) is 2.70. The fourth-order valence-electron chi connectivity index (χ4n) is 0.424. The lowest BCUT2D eigenvalue weighted by molar-refractivity contribution is -0.0836. The molecule has 0 aromatic carbocycles. The molecule has 0 bridgehead atoms. The summed E-state index contributed by atoms with van der Waals surface area (Å²) < 4.78 is 16.1. The summed E-state index contributed by atoms with van der Waals surface area (Å²) in [4.78, 5) is 3.40. The first kappa shape index (κ1) is 8.43. The lowest BCUT2D eigenvalue weighted by atomic mass is 10.3. The Balaban J connectivity index is 3.64. The van der Waals surface area contributed by atoms with Gasteiger partial charge in [-0.05, 0) is 19.9 Å². The van der Waals surface area contributed by atoms with Gasteiger partial charge in [-0.2, -0.15) is 0 Å². The molecule has 0 fully saturated rings. The molecule has 1 unspecified atom stereocenters. The fraction of sp³-hybridized carbons (Fsp3) is 0.667. The molecule has 0 amide bonds. The first-order chi connectivity index (χ1) is 4.20. The van der Waals surface area contributed by atoms with Crippen molar-refractivity contribution < 1.29 is 14.2 Å². The van der Waals surface area contributed by atoms with Crippen molar-refractivity contribution in [3.63, 3.8) is 0 Å². The van der Waals surface area contributed by atoms with E-state index in [1.807, 2.05) is 0 Å². The highest BCUT2D eigenvalue weighted by atomic mass is 19.3. The summed E-state index contributed by atoms with van der Waals surface area (Å²) in [5, 5.41) is 0. The smallest absolute Gasteiger partial charge is 0.144 e. The predicted molar refractivity (Wildman–Crippen MR) is 32.4 cm³/mol. The van der Waals surface area contributed by atoms with E-state index in [9.17, 15) is 4.53 Å². The van der Waals surface area contributed by atoms with E-state index in [4.69, 9.17) is 4.74 Å². The lowest BCUT2D eigenvalue weighted by Gasteiger charge is -2.01. The third-order valence-corrected chi connectivity index (χ3v) is 0.963. The summed E-state index contributed by atoms with van der Waals surface area (Å²) >= 11 is 0. The summed E-state index contributed by atoms with van der Waals surface area (Å²) in [6.45, 7) is 3.32. The Morgan fingerprint density at radius 3 is 2.56 bits per heavy atom. The van der Waals surface area contributed by atoms with Gasteiger partial charge in [0.1, 0.15) is 5.76 Å². The van der Waals surface area contributed by atoms with Crippen LogP contribution in [0.4, 0.5) is 4.53 Å². The second kappa shape index (κ2) is 4.32. The molecule has 0 aromatic heterocycles. The van der Waals surface area contributed by atoms with Crippen molar-refractivity contribution >= 4 is 0 Å². The molecule has 0 radical (unpaired) electrons. The van der Waals surface area contributed by atoms with Crippen molar-refractivity contribution in [2.45, 2.75) is 20.0 Å². The highest BCUT2D eigenvalue weighted by Gasteiger charge is 1.95. The molecule has 0 aliphatic heterocycles. The Bertz CT molecular complexity index is 101. The Morgan fingerprint density at radius 1 is 1.67 bits per heavy atom. The summed E-state index contributed by atoms with van der Waals surface area (Å²) in [5.74, 6) is 0.226. The molecule has 0 spiro atoms. The van der Waals surface area contributed by atoms with Gasteiger partial charge in [-0.1, -0.05) is 0 Å². The van der Waals surface area contributed by atoms with Crippen LogP contribution in [-0.2, 0) is 9.68 Å². The zero-order chi connectivity index (χ0) is 7.28. The van der Waals surface area contributed by atoms with Gasteiger partial charge in [-0.25, -0.2) is 0 Å². The first-order valence-electron chi connectivity index (χ1n) is 2.70. The molecule has 54 valence electrons. The summed E-state index contributed by atoms with van der Waals surface area (Å²) in [6, 6.07) is 0. The number of ether oxygens (including phenoxy) is 1. The maximum absolute atomic E-state index is 11.3. The van der Waals surface area contributed by atoms with Gasteiger partial charge in [0.25, 0.3) is 0 Å². The Morgan fingerprint density at radius 2 is 2.22 bits per heavy atom. The number of methoxy groups -OCH3 is 1. The molecule has 3 heteroatoms. The van der Waals surface area contributed by atoms with Crippen LogP contribution in [0.15, 0.2) is 11.8 Å². The van der Waals surface area contributed by atoms with Crippen molar-refractivity contribution in [3.8, 4) is 0 Å². The van der Waals surface area contributed by atoms with Gasteiger partial charge in [0.05, 0.1) is 6.10 Å². The topological polar surface area (TPSA) is 18.5 Å². The summed E-state index contributed by atoms with van der Waals surface area (Å²) in [6.07, 6.45) is 1.45. The summed E-state index contributed by atoms with van der Waals surface area (Å²) in [5.41, 5.74) is 0. The molecular weight excluding hydrogens is 123 g/mol. The summed E-state index contributed by atoms with van der Waals surface area (Å²) in [7, 11) is 1.55. The SMILES string of the molecule is COC(C)/C=C(/C)OF. The second-order valence-electron chi connectivity index (χ2n) is 1.80. The zero-order valence-corrected chi connectivity index (χ0v) is 5.85. The van der Waals surface area contributed by atoms with Gasteiger partial charge in [0, 0.05) is 11.6 Å². The van der Waals surface area contributed by atoms with E-state index in [1.165, 1.54) is 6.92 Å². The Labute approximate surface area is 54.2 Å². The largest absolute Gasteiger partial charge is 0.378 e. The molecule has 1 atom stereocenters. The van der Waals surface area contributed by atoms with Gasteiger partial charge in [-0.3, -0.25) is 4.94 Å². The van der Waals surface area contributed by atoms with E-state index in [0.29, 0.717) is 0 Å². The number of halogens is 1. The third kappa shape index (κ3) is 3.97. The van der Waals surface area contributed by atoms with Crippen LogP contribution in [0.5, 0.6) is 0 Å². The molecule has 0 heterocycles. The van der Waals surface area contributed by atoms with Crippen LogP contribution >= 0.6 is 0 Å². The molecule has 2 nitrogen and oxygen atoms in total. The molecule has 0 aliphatic carbocycles. The van der Waals surface area contributed by atoms with Crippen molar-refractivity contribution in [2.24, 2.45) is 0 Å². The van der Waals surface area contributed by atoms with Crippen LogP contribution in [0.25, 0.3) is 0 Å². The predicted octanol–water partition coefficient (Wildman–Crippen LogP) is 1.83. The zero-order valence-electron chi connectivity index (χ0n) is 5.85. The van der Waals surface area contributed by atoms with Crippen LogP contribution in [0.3, 0.4) is 0 Å². The number of rotatable bonds is 3. The average Bonchev–Trinajstić information content (AvgIpc) is 1.87. The maximum atomic E-state index is 11.3. The van der Waals surface area contributed by atoms with Gasteiger partial charge in [0.2, 0.25) is 0 Å². The van der Waals surface area contributed by atoms with Crippen molar-refractivity contribution in [1.29, 1.82) is 0 Å². The van der Waals surface area contributed by atoms with Crippen LogP contribution < -0.4 is 0 Å². The molecular formula is C6H11FO2. The van der Waals surface area contributed by atoms with Crippen molar-refractivity contribution in [1.82, 2.24) is 0 Å². The van der Waals surface area contributed by atoms with Gasteiger partial charge < -0.3 is 4.74 Å². The number of hydrogen-bond acceptors (Lipinski definition) is 2. The van der Waals surface area contributed by atoms with E-state index in [0.717, 1.165) is 0 Å². The molecule has 0 rings (SSSR count). The maximum Gasteiger partial charge on any atom is 0.144 e. The van der Waals surface area contributed by atoms with Crippen LogP contribution in [0.1, 0.15) is 13.8 Å². The average molecular weight is 134 g/mol. The lowest BCUT2D eigenvalue weighted by Crippen LogP contribution is -2.00. The van der Waals surface area contributed by atoms with E-state index < -0.39 is 0 Å². The van der Waals surface area contributed by atoms with E-state index in [2.05, 4.69) is 4.94 Å². The standard InChI is InChI=1S/C6H11FO2/c1-5(8-3)4-6(2)9-7/h4-5H,1-3H3/b6-4-. The minimum atomic E-state index is -0.0965. The Hall–Kier alpha value is -0.570. The molecule has 0 aromatic rings. The number of hydrogen-bond donors (Lipinski definition) is 0. The highest BCUT2D eigenvalue weighted by molar-refractivity contribution is 4.91. The van der Waals surface area contributed by atoms with E-state index >= 15 is 0 Å². The monoisotopic (exact) mass is 134 g/mol. The third-order valence-electron chi connectivity index (χ3n) is 0.963. The molecule has 9 heavy (non-hydrogen) atoms. The van der Waals surface area contributed by atoms with E-state index in [-0.39, 0.29) is 11.9 Å². The van der Waals surface area contributed by atoms with E-state index in [1.54, 1.807) is 20.1 Å². The molecule has 0 saturated heterocycles. The minimum Gasteiger partial charge on any atom is -0.378 e. The van der Waals surface area contributed by atoms with Crippen molar-refractivity contribution in [3.05, 3.63) is 11.8 Å². The molecule has 0 N–H and O–H groups in total. The van der Waals surface area contributed by atoms with Crippen LogP contribution in [0.2, 0.25) is 0 Å². The fourth-order valence-corrected chi connectivity index (χ4v) is 0.424. The minimum absolute atomic E-state index is 0.0965. The Kier molecular flexibility index (Phi) is 4.05. The molecule has 0 saturated carbocycles. The van der Waals surface area contributed by atoms with Crippen LogP contribution in [-0.4, -0.2) is 13.2 Å². The second-order valence-corrected chi connectivity index (χ2v) is 1.80. The van der Waals surface area contributed by atoms with Crippen molar-refractivity contribution in [2.75, 3.05) is 7.11 Å². The van der Waals surface area contributed by atoms with Gasteiger partial charge in [0.15, 0.2) is 0 Å². The van der Waals surface area contributed by atoms with Crippen LogP contribution in [0, 0.1) is 0 Å². The molecule has 0 aliphatic rings. The highest BCUT2D eigenvalue weighted by Crippen LogP contribution is 1.99. The van der Waals surface area contributed by atoms with Gasteiger partial charge in [-0.15, -0.1) is 0 Å². The van der Waals surface area contributed by atoms with Gasteiger partial charge >= 0.3 is 0 Å².